The first-order chi connectivity index (χ1) is 11.6. The summed E-state index contributed by atoms with van der Waals surface area (Å²) in [4.78, 5) is 0. The van der Waals surface area contributed by atoms with Crippen LogP contribution in [0, 0.1) is 12.8 Å². The van der Waals surface area contributed by atoms with Crippen LogP contribution in [0.3, 0.4) is 0 Å². The highest BCUT2D eigenvalue weighted by molar-refractivity contribution is 6.30. The minimum Gasteiger partial charge on any atom is -0.394 e. The minimum atomic E-state index is -0.0902. The largest absolute Gasteiger partial charge is 0.394 e. The molecular formula is C21H25ClO2. The fourth-order valence-corrected chi connectivity index (χ4v) is 3.96. The van der Waals surface area contributed by atoms with E-state index in [1.54, 1.807) is 0 Å². The van der Waals surface area contributed by atoms with Crippen LogP contribution in [0.1, 0.15) is 48.5 Å². The second kappa shape index (κ2) is 7.69. The van der Waals surface area contributed by atoms with Gasteiger partial charge in [-0.15, -0.1) is 0 Å². The van der Waals surface area contributed by atoms with E-state index in [1.807, 2.05) is 24.3 Å². The quantitative estimate of drug-likeness (QED) is 0.817. The Morgan fingerprint density at radius 1 is 1.17 bits per heavy atom. The molecule has 128 valence electrons. The zero-order valence-electron chi connectivity index (χ0n) is 14.3. The zero-order valence-corrected chi connectivity index (χ0v) is 15.0. The van der Waals surface area contributed by atoms with Crippen LogP contribution in [-0.4, -0.2) is 17.8 Å². The smallest absolute Gasteiger partial charge is 0.0866 e. The van der Waals surface area contributed by atoms with Gasteiger partial charge in [-0.25, -0.2) is 0 Å². The topological polar surface area (TPSA) is 29.5 Å². The first-order valence-electron chi connectivity index (χ1n) is 8.67. The molecule has 1 heterocycles. The van der Waals surface area contributed by atoms with Crippen LogP contribution in [0.2, 0.25) is 5.02 Å². The van der Waals surface area contributed by atoms with Crippen molar-refractivity contribution >= 4 is 11.6 Å². The first kappa shape index (κ1) is 17.5. The summed E-state index contributed by atoms with van der Waals surface area (Å²) in [5.74, 6) is 0.751. The maximum absolute atomic E-state index is 9.57. The van der Waals surface area contributed by atoms with Crippen LogP contribution in [0.4, 0.5) is 0 Å². The Kier molecular flexibility index (Phi) is 5.60. The van der Waals surface area contributed by atoms with Crippen LogP contribution < -0.4 is 0 Å². The maximum atomic E-state index is 9.57. The Labute approximate surface area is 149 Å². The number of aliphatic hydroxyl groups excluding tert-OH is 1. The number of benzene rings is 2. The molecule has 1 aliphatic rings. The van der Waals surface area contributed by atoms with E-state index in [4.69, 9.17) is 16.3 Å². The lowest BCUT2D eigenvalue weighted by molar-refractivity contribution is -0.108. The van der Waals surface area contributed by atoms with Crippen molar-refractivity contribution < 1.29 is 9.84 Å². The van der Waals surface area contributed by atoms with Gasteiger partial charge in [0.05, 0.1) is 18.8 Å². The lowest BCUT2D eigenvalue weighted by Gasteiger charge is -2.40. The molecule has 1 N–H and O–H groups in total. The van der Waals surface area contributed by atoms with Gasteiger partial charge in [0.2, 0.25) is 0 Å². The number of hydrogen-bond acceptors (Lipinski definition) is 2. The van der Waals surface area contributed by atoms with E-state index >= 15 is 0 Å². The van der Waals surface area contributed by atoms with Gasteiger partial charge in [0.25, 0.3) is 0 Å². The number of ether oxygens (including phenoxy) is 1. The summed E-state index contributed by atoms with van der Waals surface area (Å²) in [5.41, 5.74) is 3.67. The van der Waals surface area contributed by atoms with Crippen molar-refractivity contribution in [1.82, 2.24) is 0 Å². The van der Waals surface area contributed by atoms with E-state index in [9.17, 15) is 5.11 Å². The SMILES string of the molecule is Cc1ccc(Cl)cc1[C@@H]1O[C@H](CO)CC[C@@H]1[C@H](C)c1ccccc1. The van der Waals surface area contributed by atoms with E-state index < -0.39 is 0 Å². The summed E-state index contributed by atoms with van der Waals surface area (Å²) in [6.45, 7) is 4.44. The Hall–Kier alpha value is -1.35. The summed E-state index contributed by atoms with van der Waals surface area (Å²) in [6, 6.07) is 16.6. The van der Waals surface area contributed by atoms with Crippen molar-refractivity contribution in [3.05, 3.63) is 70.2 Å². The van der Waals surface area contributed by atoms with Gasteiger partial charge in [0, 0.05) is 5.02 Å². The molecule has 24 heavy (non-hydrogen) atoms. The van der Waals surface area contributed by atoms with Crippen LogP contribution in [0.25, 0.3) is 0 Å². The average Bonchev–Trinajstić information content (AvgIpc) is 2.63. The maximum Gasteiger partial charge on any atom is 0.0866 e. The Bertz CT molecular complexity index is 671. The molecule has 3 rings (SSSR count). The molecule has 1 fully saturated rings. The lowest BCUT2D eigenvalue weighted by atomic mass is 9.76. The molecule has 1 saturated heterocycles. The molecule has 0 spiro atoms. The van der Waals surface area contributed by atoms with Gasteiger partial charge in [-0.2, -0.15) is 0 Å². The fraction of sp³-hybridized carbons (Fsp3) is 0.429. The molecule has 3 heteroatoms. The van der Waals surface area contributed by atoms with E-state index in [-0.39, 0.29) is 18.8 Å². The van der Waals surface area contributed by atoms with Crippen LogP contribution >= 0.6 is 11.6 Å². The molecule has 0 radical (unpaired) electrons. The van der Waals surface area contributed by atoms with Crippen molar-refractivity contribution in [2.24, 2.45) is 5.92 Å². The standard InChI is InChI=1S/C21H25ClO2/c1-14-8-9-17(22)12-20(14)21-19(11-10-18(13-23)24-21)15(2)16-6-4-3-5-7-16/h3-9,12,15,18-19,21,23H,10-11,13H2,1-2H3/t15-,18+,19-,21-/m1/s1. The first-order valence-corrected chi connectivity index (χ1v) is 9.05. The summed E-state index contributed by atoms with van der Waals surface area (Å²) in [6.07, 6.45) is 1.81. The normalized spacial score (nSPS) is 25.4. The van der Waals surface area contributed by atoms with Crippen molar-refractivity contribution in [2.45, 2.75) is 44.8 Å². The third kappa shape index (κ3) is 3.66. The molecule has 0 aliphatic carbocycles. The van der Waals surface area contributed by atoms with Gasteiger partial charge in [-0.05, 0) is 60.4 Å². The van der Waals surface area contributed by atoms with Gasteiger partial charge in [0.15, 0.2) is 0 Å². The third-order valence-electron chi connectivity index (χ3n) is 5.27. The Morgan fingerprint density at radius 3 is 2.62 bits per heavy atom. The molecule has 2 aromatic carbocycles. The number of aryl methyl sites for hydroxylation is 1. The van der Waals surface area contributed by atoms with Crippen molar-refractivity contribution in [3.8, 4) is 0 Å². The van der Waals surface area contributed by atoms with E-state index in [0.29, 0.717) is 11.8 Å². The fourth-order valence-electron chi connectivity index (χ4n) is 3.78. The second-order valence-corrected chi connectivity index (χ2v) is 7.24. The lowest BCUT2D eigenvalue weighted by Crippen LogP contribution is -2.34. The average molecular weight is 345 g/mol. The van der Waals surface area contributed by atoms with Gasteiger partial charge >= 0.3 is 0 Å². The Balaban J connectivity index is 1.95. The van der Waals surface area contributed by atoms with Crippen LogP contribution in [-0.2, 0) is 4.74 Å². The minimum absolute atomic E-state index is 0.0372. The molecule has 2 aromatic rings. The highest BCUT2D eigenvalue weighted by atomic mass is 35.5. The molecule has 0 bridgehead atoms. The third-order valence-corrected chi connectivity index (χ3v) is 5.50. The van der Waals surface area contributed by atoms with Gasteiger partial charge < -0.3 is 9.84 Å². The molecule has 0 aromatic heterocycles. The van der Waals surface area contributed by atoms with Crippen molar-refractivity contribution in [1.29, 1.82) is 0 Å². The van der Waals surface area contributed by atoms with E-state index in [2.05, 4.69) is 38.1 Å². The predicted molar refractivity (Wildman–Crippen MR) is 98.5 cm³/mol. The van der Waals surface area contributed by atoms with E-state index in [1.165, 1.54) is 11.1 Å². The van der Waals surface area contributed by atoms with Crippen LogP contribution in [0.5, 0.6) is 0 Å². The summed E-state index contributed by atoms with van der Waals surface area (Å²) in [5, 5.41) is 10.3. The van der Waals surface area contributed by atoms with Gasteiger partial charge in [0.1, 0.15) is 0 Å². The molecular weight excluding hydrogens is 320 g/mol. The van der Waals surface area contributed by atoms with Crippen molar-refractivity contribution in [3.63, 3.8) is 0 Å². The monoisotopic (exact) mass is 344 g/mol. The zero-order chi connectivity index (χ0) is 17.1. The summed E-state index contributed by atoms with van der Waals surface area (Å²) in [7, 11) is 0. The molecule has 0 saturated carbocycles. The molecule has 1 aliphatic heterocycles. The van der Waals surface area contributed by atoms with Crippen LogP contribution in [0.15, 0.2) is 48.5 Å². The molecule has 4 atom stereocenters. The van der Waals surface area contributed by atoms with E-state index in [0.717, 1.165) is 23.4 Å². The van der Waals surface area contributed by atoms with Crippen molar-refractivity contribution in [2.75, 3.05) is 6.61 Å². The second-order valence-electron chi connectivity index (χ2n) is 6.80. The number of halogens is 1. The van der Waals surface area contributed by atoms with Gasteiger partial charge in [-0.1, -0.05) is 54.9 Å². The summed E-state index contributed by atoms with van der Waals surface area (Å²) >= 11 is 6.25. The number of rotatable bonds is 4. The van der Waals surface area contributed by atoms with Gasteiger partial charge in [-0.3, -0.25) is 0 Å². The predicted octanol–water partition coefficient (Wildman–Crippen LogP) is 5.28. The summed E-state index contributed by atoms with van der Waals surface area (Å²) < 4.78 is 6.30. The highest BCUT2D eigenvalue weighted by Gasteiger charge is 2.36. The highest BCUT2D eigenvalue weighted by Crippen LogP contribution is 2.45. The number of hydrogen-bond donors (Lipinski definition) is 1. The number of aliphatic hydroxyl groups is 1. The molecule has 0 unspecified atom stereocenters. The molecule has 2 nitrogen and oxygen atoms in total. The molecule has 0 amide bonds. The Morgan fingerprint density at radius 2 is 1.92 bits per heavy atom.